The molecule has 6 heavy (non-hydrogen) atoms. The van der Waals surface area contributed by atoms with Crippen LogP contribution in [0.1, 0.15) is 7.85 Å². The van der Waals surface area contributed by atoms with Crippen LogP contribution in [0.3, 0.4) is 0 Å². The number of rotatable bonds is 0. The van der Waals surface area contributed by atoms with E-state index in [1.54, 1.807) is 0 Å². The Morgan fingerprint density at radius 3 is 1.83 bits per heavy atom. The van der Waals surface area contributed by atoms with E-state index >= 15 is 0 Å². The van der Waals surface area contributed by atoms with Gasteiger partial charge in [0.05, 0.1) is 0 Å². The summed E-state index contributed by atoms with van der Waals surface area (Å²) in [6, 6.07) is 0. The summed E-state index contributed by atoms with van der Waals surface area (Å²) < 4.78 is 0. The molecule has 0 saturated heterocycles. The summed E-state index contributed by atoms with van der Waals surface area (Å²) in [6.07, 6.45) is 9.50. The molecule has 0 fully saturated rings. The maximum absolute atomic E-state index is 2.12. The van der Waals surface area contributed by atoms with Gasteiger partial charge in [-0.05, 0) is 6.42 Å². The van der Waals surface area contributed by atoms with Gasteiger partial charge >= 0.3 is 51.4 Å². The standard InChI is InChI=1S/C5H6.K.H/c1-2-4-5-3-1;;/h1-4H,5H2;;/q;+1;-1. The van der Waals surface area contributed by atoms with E-state index < -0.39 is 0 Å². The van der Waals surface area contributed by atoms with E-state index in [9.17, 15) is 0 Å². The average Bonchev–Trinajstić information content (AvgIpc) is 1.76. The van der Waals surface area contributed by atoms with Gasteiger partial charge in [-0.15, -0.1) is 0 Å². The molecule has 1 aliphatic carbocycles. The van der Waals surface area contributed by atoms with Crippen molar-refractivity contribution < 1.29 is 52.8 Å². The Bertz CT molecular complexity index is 66.1. The molecule has 0 spiro atoms. The minimum atomic E-state index is 0. The van der Waals surface area contributed by atoms with E-state index in [0.717, 1.165) is 6.42 Å². The molecule has 0 aromatic heterocycles. The minimum absolute atomic E-state index is 0. The Morgan fingerprint density at radius 1 is 1.17 bits per heavy atom. The van der Waals surface area contributed by atoms with E-state index in [-0.39, 0.29) is 52.8 Å². The summed E-state index contributed by atoms with van der Waals surface area (Å²) in [6.45, 7) is 0. The second-order valence-corrected chi connectivity index (χ2v) is 1.09. The van der Waals surface area contributed by atoms with Crippen LogP contribution < -0.4 is 51.4 Å². The van der Waals surface area contributed by atoms with Gasteiger partial charge in [0.2, 0.25) is 0 Å². The molecule has 0 aromatic carbocycles. The summed E-state index contributed by atoms with van der Waals surface area (Å²) in [5.74, 6) is 0. The van der Waals surface area contributed by atoms with Crippen LogP contribution >= 0.6 is 0 Å². The molecule has 0 radical (unpaired) electrons. The molecular formula is C5H7K. The smallest absolute Gasteiger partial charge is 1.00 e. The van der Waals surface area contributed by atoms with Gasteiger partial charge in [0.15, 0.2) is 0 Å². The fourth-order valence-electron chi connectivity index (χ4n) is 0.393. The van der Waals surface area contributed by atoms with Crippen LogP contribution in [0, 0.1) is 0 Å². The predicted octanol–water partition coefficient (Wildman–Crippen LogP) is -1.38. The van der Waals surface area contributed by atoms with E-state index in [0.29, 0.717) is 0 Å². The van der Waals surface area contributed by atoms with Gasteiger partial charge in [0.25, 0.3) is 0 Å². The molecule has 0 bridgehead atoms. The normalized spacial score (nSPS) is 14.7. The molecule has 0 aliphatic heterocycles. The average molecular weight is 106 g/mol. The first-order valence-electron chi connectivity index (χ1n) is 1.82. The molecule has 0 amide bonds. The second-order valence-electron chi connectivity index (χ2n) is 1.09. The van der Waals surface area contributed by atoms with Gasteiger partial charge in [0.1, 0.15) is 0 Å². The van der Waals surface area contributed by atoms with Crippen molar-refractivity contribution in [3.8, 4) is 0 Å². The van der Waals surface area contributed by atoms with Crippen LogP contribution in [-0.4, -0.2) is 0 Å². The molecule has 28 valence electrons. The van der Waals surface area contributed by atoms with Crippen LogP contribution in [0.4, 0.5) is 0 Å². The van der Waals surface area contributed by atoms with Crippen LogP contribution in [-0.2, 0) is 0 Å². The quantitative estimate of drug-likeness (QED) is 0.334. The van der Waals surface area contributed by atoms with Crippen LogP contribution in [0.2, 0.25) is 0 Å². The summed E-state index contributed by atoms with van der Waals surface area (Å²) in [4.78, 5) is 0. The summed E-state index contributed by atoms with van der Waals surface area (Å²) in [7, 11) is 0. The largest absolute Gasteiger partial charge is 1.00 e. The van der Waals surface area contributed by atoms with E-state index in [2.05, 4.69) is 24.3 Å². The summed E-state index contributed by atoms with van der Waals surface area (Å²) in [5, 5.41) is 0. The Balaban J connectivity index is 0. The van der Waals surface area contributed by atoms with Crippen molar-refractivity contribution in [2.24, 2.45) is 0 Å². The SMILES string of the molecule is C1=CCC=C1.[H-].[K+]. The number of hydrogen-bond acceptors (Lipinski definition) is 0. The first kappa shape index (κ1) is 7.12. The minimum Gasteiger partial charge on any atom is -1.00 e. The fourth-order valence-corrected chi connectivity index (χ4v) is 0.393. The molecule has 0 atom stereocenters. The number of allylic oxidation sites excluding steroid dienone is 4. The van der Waals surface area contributed by atoms with E-state index in [4.69, 9.17) is 0 Å². The molecule has 0 aromatic rings. The second kappa shape index (κ2) is 4.28. The van der Waals surface area contributed by atoms with Crippen molar-refractivity contribution >= 4 is 0 Å². The van der Waals surface area contributed by atoms with Gasteiger partial charge in [-0.1, -0.05) is 24.3 Å². The van der Waals surface area contributed by atoms with Gasteiger partial charge in [-0.2, -0.15) is 0 Å². The van der Waals surface area contributed by atoms with Gasteiger partial charge in [0, 0.05) is 0 Å². The monoisotopic (exact) mass is 106 g/mol. The zero-order valence-corrected chi connectivity index (χ0v) is 7.14. The van der Waals surface area contributed by atoms with Crippen molar-refractivity contribution in [2.45, 2.75) is 6.42 Å². The first-order valence-corrected chi connectivity index (χ1v) is 1.82. The van der Waals surface area contributed by atoms with Gasteiger partial charge in [-0.3, -0.25) is 0 Å². The summed E-state index contributed by atoms with van der Waals surface area (Å²) >= 11 is 0. The van der Waals surface area contributed by atoms with Crippen LogP contribution in [0.25, 0.3) is 0 Å². The van der Waals surface area contributed by atoms with Gasteiger partial charge in [-0.25, -0.2) is 0 Å². The van der Waals surface area contributed by atoms with Crippen molar-refractivity contribution in [1.82, 2.24) is 0 Å². The predicted molar refractivity (Wildman–Crippen MR) is 24.0 cm³/mol. The van der Waals surface area contributed by atoms with E-state index in [1.807, 2.05) is 0 Å². The summed E-state index contributed by atoms with van der Waals surface area (Å²) in [5.41, 5.74) is 0. The molecule has 1 aliphatic rings. The van der Waals surface area contributed by atoms with Crippen LogP contribution in [0.5, 0.6) is 0 Å². The molecule has 1 heteroatoms. The third kappa shape index (κ3) is 2.32. The first-order chi connectivity index (χ1) is 2.50. The fraction of sp³-hybridized carbons (Fsp3) is 0.200. The molecule has 1 rings (SSSR count). The molecular weight excluding hydrogens is 99.2 g/mol. The number of hydrogen-bond donors (Lipinski definition) is 0. The molecule has 0 saturated carbocycles. The van der Waals surface area contributed by atoms with E-state index in [1.165, 1.54) is 0 Å². The zero-order valence-electron chi connectivity index (χ0n) is 5.02. The van der Waals surface area contributed by atoms with Crippen LogP contribution in [0.15, 0.2) is 24.3 Å². The van der Waals surface area contributed by atoms with Crippen molar-refractivity contribution in [2.75, 3.05) is 0 Å². The molecule has 0 nitrogen and oxygen atoms in total. The Labute approximate surface area is 82.2 Å². The van der Waals surface area contributed by atoms with Crippen molar-refractivity contribution in [3.05, 3.63) is 24.3 Å². The third-order valence-corrected chi connectivity index (χ3v) is 0.655. The maximum atomic E-state index is 2.12. The Hall–Kier alpha value is 1.12. The van der Waals surface area contributed by atoms with Gasteiger partial charge < -0.3 is 1.43 Å². The van der Waals surface area contributed by atoms with Crippen molar-refractivity contribution in [3.63, 3.8) is 0 Å². The molecule has 0 N–H and O–H groups in total. The van der Waals surface area contributed by atoms with Crippen molar-refractivity contribution in [1.29, 1.82) is 0 Å². The maximum Gasteiger partial charge on any atom is 1.00 e. The third-order valence-electron chi connectivity index (χ3n) is 0.655. The Kier molecular flexibility index (Phi) is 5.08. The molecule has 0 unspecified atom stereocenters. The molecule has 0 heterocycles. The Morgan fingerprint density at radius 2 is 1.67 bits per heavy atom. The zero-order chi connectivity index (χ0) is 3.54. The topological polar surface area (TPSA) is 0 Å².